The molecule has 0 aliphatic carbocycles. The minimum Gasteiger partial charge on any atom is -0.492 e. The number of nitrogens with zero attached hydrogens (tertiary/aromatic N) is 3. The van der Waals surface area contributed by atoms with Gasteiger partial charge in [-0.2, -0.15) is 5.26 Å². The zero-order chi connectivity index (χ0) is 20.7. The fraction of sp³-hybridized carbons (Fsp3) is 0.316. The van der Waals surface area contributed by atoms with Gasteiger partial charge < -0.3 is 20.1 Å². The molecule has 0 amide bonds. The number of benzene rings is 1. The highest BCUT2D eigenvalue weighted by Crippen LogP contribution is 2.17. The molecule has 0 saturated carbocycles. The summed E-state index contributed by atoms with van der Waals surface area (Å²) < 4.78 is 7.41. The number of aliphatic carboxylic acids is 1. The number of anilines is 1. The van der Waals surface area contributed by atoms with E-state index in [-0.39, 0.29) is 16.8 Å². The van der Waals surface area contributed by atoms with Crippen LogP contribution in [0.3, 0.4) is 0 Å². The van der Waals surface area contributed by atoms with Crippen molar-refractivity contribution in [2.75, 3.05) is 32.6 Å². The zero-order valence-corrected chi connectivity index (χ0v) is 16.7. The number of nitrogens with one attached hydrogen (secondary N) is 1. The van der Waals surface area contributed by atoms with E-state index in [2.05, 4.69) is 5.32 Å². The lowest BCUT2D eigenvalue weighted by molar-refractivity contribution is -0.130. The maximum atomic E-state index is 12.5. The number of hydrogen-bond donors (Lipinski definition) is 2. The summed E-state index contributed by atoms with van der Waals surface area (Å²) >= 11 is 0.968. The third-order valence-corrected chi connectivity index (χ3v) is 4.90. The van der Waals surface area contributed by atoms with Crippen LogP contribution in [0.1, 0.15) is 6.92 Å². The Morgan fingerprint density at radius 1 is 1.46 bits per heavy atom. The van der Waals surface area contributed by atoms with Crippen LogP contribution >= 0.6 is 11.3 Å². The molecule has 0 radical (unpaired) electrons. The number of ether oxygens (including phenoxy) is 1. The maximum absolute atomic E-state index is 12.5. The average molecular weight is 402 g/mol. The molecule has 0 aliphatic heterocycles. The average Bonchev–Trinajstić information content (AvgIpc) is 2.95. The Hall–Kier alpha value is -3.09. The van der Waals surface area contributed by atoms with Crippen molar-refractivity contribution in [3.8, 4) is 11.8 Å². The highest BCUT2D eigenvalue weighted by Gasteiger charge is 2.13. The van der Waals surface area contributed by atoms with E-state index in [1.165, 1.54) is 10.8 Å². The summed E-state index contributed by atoms with van der Waals surface area (Å²) in [6.45, 7) is 3.34. The molecule has 0 bridgehead atoms. The molecule has 0 spiro atoms. The monoisotopic (exact) mass is 402 g/mol. The number of thiazole rings is 1. The minimum absolute atomic E-state index is 0.135. The molecule has 148 valence electrons. The number of aromatic nitrogens is 1. The number of carboxylic acids is 1. The van der Waals surface area contributed by atoms with Crippen molar-refractivity contribution in [3.63, 3.8) is 0 Å². The van der Waals surface area contributed by atoms with E-state index in [0.717, 1.165) is 23.6 Å². The van der Waals surface area contributed by atoms with Gasteiger partial charge in [0.2, 0.25) is 0 Å². The number of carboxylic acid groups (broad SMARTS) is 1. The second kappa shape index (κ2) is 9.73. The normalized spacial score (nSPS) is 12.6. The highest BCUT2D eigenvalue weighted by atomic mass is 32.1. The summed E-state index contributed by atoms with van der Waals surface area (Å²) in [5.41, 5.74) is -0.0650. The van der Waals surface area contributed by atoms with Gasteiger partial charge in [0.25, 0.3) is 5.56 Å². The van der Waals surface area contributed by atoms with Crippen molar-refractivity contribution < 1.29 is 14.6 Å². The Morgan fingerprint density at radius 3 is 2.82 bits per heavy atom. The zero-order valence-electron chi connectivity index (χ0n) is 15.9. The molecule has 9 heteroatoms. The van der Waals surface area contributed by atoms with Gasteiger partial charge in [-0.15, -0.1) is 11.3 Å². The molecule has 2 N–H and O–H groups in total. The second-order valence-electron chi connectivity index (χ2n) is 6.08. The molecule has 8 nitrogen and oxygen atoms in total. The molecule has 1 heterocycles. The lowest BCUT2D eigenvalue weighted by atomic mass is 10.3. The molecule has 2 rings (SSSR count). The van der Waals surface area contributed by atoms with Crippen LogP contribution in [0.2, 0.25) is 0 Å². The Morgan fingerprint density at radius 2 is 2.21 bits per heavy atom. The standard InChI is InChI=1S/C19H22N4O4S/c1-4-23-17(24)16(28-18(23)15(11-20)19(25)26)12-21-13-6-5-7-14(10-13)27-9-8-22(2)3/h5-7,10,12,21H,4,8-9H2,1-3H3,(H,25,26). The quantitative estimate of drug-likeness (QED) is 0.661. The first kappa shape index (κ1) is 21.2. The predicted octanol–water partition coefficient (Wildman–Crippen LogP) is 0.479. The van der Waals surface area contributed by atoms with E-state index >= 15 is 0 Å². The number of carbonyl (C=O) groups is 1. The van der Waals surface area contributed by atoms with E-state index in [4.69, 9.17) is 10.00 Å². The molecule has 0 fully saturated rings. The summed E-state index contributed by atoms with van der Waals surface area (Å²) in [4.78, 5) is 25.8. The van der Waals surface area contributed by atoms with Crippen LogP contribution in [0.4, 0.5) is 5.69 Å². The number of likely N-dealkylation sites (N-methyl/N-ethyl adjacent to an activating group) is 1. The van der Waals surface area contributed by atoms with Crippen molar-refractivity contribution in [1.82, 2.24) is 9.47 Å². The van der Waals surface area contributed by atoms with E-state index < -0.39 is 11.5 Å². The lowest BCUT2D eigenvalue weighted by Crippen LogP contribution is -2.32. The van der Waals surface area contributed by atoms with Crippen molar-refractivity contribution >= 4 is 34.8 Å². The SMILES string of the molecule is CCn1c(=C(C#N)C(=O)O)sc(=CNc2cccc(OCCN(C)C)c2)c1=O. The molecule has 0 unspecified atom stereocenters. The second-order valence-corrected chi connectivity index (χ2v) is 7.11. The van der Waals surface area contributed by atoms with Gasteiger partial charge in [-0.25, -0.2) is 4.79 Å². The predicted molar refractivity (Wildman–Crippen MR) is 109 cm³/mol. The minimum atomic E-state index is -1.35. The topological polar surface area (TPSA) is 108 Å². The molecule has 28 heavy (non-hydrogen) atoms. The number of nitriles is 1. The van der Waals surface area contributed by atoms with E-state index in [1.807, 2.05) is 43.3 Å². The molecule has 2 aromatic rings. The highest BCUT2D eigenvalue weighted by molar-refractivity contribution is 7.07. The van der Waals surface area contributed by atoms with E-state index in [0.29, 0.717) is 16.9 Å². The lowest BCUT2D eigenvalue weighted by Gasteiger charge is -2.11. The summed E-state index contributed by atoms with van der Waals surface area (Å²) in [5, 5.41) is 21.3. The van der Waals surface area contributed by atoms with Crippen LogP contribution in [0.15, 0.2) is 29.1 Å². The van der Waals surface area contributed by atoms with Gasteiger partial charge in [-0.1, -0.05) is 6.07 Å². The molecular weight excluding hydrogens is 380 g/mol. The summed E-state index contributed by atoms with van der Waals surface area (Å²) in [7, 11) is 3.93. The molecule has 1 aromatic heterocycles. The number of hydrogen-bond acceptors (Lipinski definition) is 7. The smallest absolute Gasteiger partial charge is 0.349 e. The molecule has 0 aliphatic rings. The molecule has 1 aromatic carbocycles. The molecule has 0 saturated heterocycles. The van der Waals surface area contributed by atoms with Crippen molar-refractivity contribution in [2.24, 2.45) is 0 Å². The van der Waals surface area contributed by atoms with E-state index in [1.54, 1.807) is 13.0 Å². The van der Waals surface area contributed by atoms with Crippen LogP contribution in [-0.2, 0) is 11.3 Å². The van der Waals surface area contributed by atoms with Crippen LogP contribution in [0.25, 0.3) is 11.8 Å². The van der Waals surface area contributed by atoms with Crippen LogP contribution in [0, 0.1) is 11.3 Å². The van der Waals surface area contributed by atoms with Gasteiger partial charge in [-0.05, 0) is 33.2 Å². The first-order valence-corrected chi connectivity index (χ1v) is 9.40. The molecule has 0 atom stereocenters. The maximum Gasteiger partial charge on any atom is 0.349 e. The first-order valence-electron chi connectivity index (χ1n) is 8.59. The van der Waals surface area contributed by atoms with Crippen molar-refractivity contribution in [1.29, 1.82) is 5.26 Å². The Labute approximate surface area is 166 Å². The molecular formula is C19H22N4O4S. The van der Waals surface area contributed by atoms with Crippen molar-refractivity contribution in [3.05, 3.63) is 43.8 Å². The van der Waals surface area contributed by atoms with Gasteiger partial charge >= 0.3 is 5.97 Å². The van der Waals surface area contributed by atoms with Gasteiger partial charge in [0, 0.05) is 31.0 Å². The van der Waals surface area contributed by atoms with Gasteiger partial charge in [0.1, 0.15) is 27.6 Å². The Kier molecular flexibility index (Phi) is 7.37. The van der Waals surface area contributed by atoms with Gasteiger partial charge in [-0.3, -0.25) is 9.36 Å². The fourth-order valence-corrected chi connectivity index (χ4v) is 3.43. The number of rotatable bonds is 8. The Bertz CT molecular complexity index is 1060. The third kappa shape index (κ3) is 5.22. The first-order chi connectivity index (χ1) is 13.4. The van der Waals surface area contributed by atoms with E-state index in [9.17, 15) is 14.7 Å². The summed E-state index contributed by atoms with van der Waals surface area (Å²) in [6, 6.07) is 8.96. The summed E-state index contributed by atoms with van der Waals surface area (Å²) in [5.74, 6) is -0.655. The van der Waals surface area contributed by atoms with Crippen molar-refractivity contribution in [2.45, 2.75) is 13.5 Å². The Balaban J connectivity index is 2.33. The van der Waals surface area contributed by atoms with Gasteiger partial charge in [0.05, 0.1) is 0 Å². The van der Waals surface area contributed by atoms with Crippen LogP contribution in [0.5, 0.6) is 5.75 Å². The summed E-state index contributed by atoms with van der Waals surface area (Å²) in [6.07, 6.45) is 1.51. The van der Waals surface area contributed by atoms with Gasteiger partial charge in [0.15, 0.2) is 5.57 Å². The third-order valence-electron chi connectivity index (χ3n) is 3.77. The largest absolute Gasteiger partial charge is 0.492 e. The van der Waals surface area contributed by atoms with Crippen LogP contribution < -0.4 is 24.8 Å². The van der Waals surface area contributed by atoms with Crippen LogP contribution in [-0.4, -0.2) is 47.8 Å². The fourth-order valence-electron chi connectivity index (χ4n) is 2.35.